The number of hydrogen-bond donors (Lipinski definition) is 0. The summed E-state index contributed by atoms with van der Waals surface area (Å²) in [6.45, 7) is 1.43. The molecule has 0 aliphatic rings. The summed E-state index contributed by atoms with van der Waals surface area (Å²) in [5.74, 6) is 1.26. The molecule has 0 heterocycles. The first-order valence-corrected chi connectivity index (χ1v) is 5.03. The van der Waals surface area contributed by atoms with Gasteiger partial charge in [0, 0.05) is 12.6 Å². The highest BCUT2D eigenvalue weighted by molar-refractivity contribution is 5.85. The van der Waals surface area contributed by atoms with Gasteiger partial charge in [-0.2, -0.15) is 5.26 Å². The summed E-state index contributed by atoms with van der Waals surface area (Å²) in [6.07, 6.45) is 0. The Morgan fingerprint density at radius 1 is 1.29 bits per heavy atom. The van der Waals surface area contributed by atoms with Gasteiger partial charge >= 0.3 is 0 Å². The summed E-state index contributed by atoms with van der Waals surface area (Å²) in [4.78, 5) is 2.04. The third-order valence-corrected chi connectivity index (χ3v) is 2.09. The molecule has 0 aliphatic heterocycles. The lowest BCUT2D eigenvalue weighted by Crippen LogP contribution is -2.19. The van der Waals surface area contributed by atoms with Gasteiger partial charge in [-0.15, -0.1) is 12.4 Å². The van der Waals surface area contributed by atoms with Crippen molar-refractivity contribution < 1.29 is 9.47 Å². The molecule has 0 unspecified atom stereocenters. The Labute approximate surface area is 108 Å². The second kappa shape index (κ2) is 7.77. The van der Waals surface area contributed by atoms with Gasteiger partial charge in [-0.1, -0.05) is 0 Å². The zero-order valence-corrected chi connectivity index (χ0v) is 11.1. The van der Waals surface area contributed by atoms with Crippen molar-refractivity contribution in [2.75, 3.05) is 34.4 Å². The minimum atomic E-state index is 0. The molecule has 1 rings (SSSR count). The maximum Gasteiger partial charge on any atom is 0.162 e. The van der Waals surface area contributed by atoms with Gasteiger partial charge in [0.25, 0.3) is 0 Å². The molecule has 0 saturated heterocycles. The Bertz CT molecular complexity index is 389. The Balaban J connectivity index is 0.00000256. The smallest absolute Gasteiger partial charge is 0.162 e. The van der Waals surface area contributed by atoms with E-state index in [9.17, 15) is 0 Å². The maximum atomic E-state index is 8.74. The van der Waals surface area contributed by atoms with Crippen LogP contribution in [0.2, 0.25) is 0 Å². The van der Waals surface area contributed by atoms with Crippen molar-refractivity contribution in [3.05, 3.63) is 23.8 Å². The number of methoxy groups -OCH3 is 1. The van der Waals surface area contributed by atoms with Crippen molar-refractivity contribution in [1.29, 1.82) is 5.26 Å². The maximum absolute atomic E-state index is 8.74. The molecule has 0 aromatic heterocycles. The van der Waals surface area contributed by atoms with Crippen molar-refractivity contribution in [3.63, 3.8) is 0 Å². The fourth-order valence-electron chi connectivity index (χ4n) is 1.19. The molecule has 0 aliphatic carbocycles. The molecular formula is C12H17ClN2O2. The molecule has 0 atom stereocenters. The first-order chi connectivity index (χ1) is 7.67. The predicted molar refractivity (Wildman–Crippen MR) is 69.0 cm³/mol. The normalized spacial score (nSPS) is 9.35. The highest BCUT2D eigenvalue weighted by atomic mass is 35.5. The molecule has 0 saturated carbocycles. The first kappa shape index (κ1) is 15.6. The number of likely N-dealkylation sites (N-methyl/N-ethyl adjacent to an activating group) is 1. The molecular weight excluding hydrogens is 240 g/mol. The molecule has 5 heteroatoms. The summed E-state index contributed by atoms with van der Waals surface area (Å²) >= 11 is 0. The van der Waals surface area contributed by atoms with Crippen molar-refractivity contribution in [2.45, 2.75) is 0 Å². The fourth-order valence-corrected chi connectivity index (χ4v) is 1.19. The first-order valence-electron chi connectivity index (χ1n) is 5.03. The molecule has 94 valence electrons. The minimum absolute atomic E-state index is 0. The predicted octanol–water partition coefficient (Wildman–Crippen LogP) is 1.93. The molecule has 0 radical (unpaired) electrons. The molecule has 0 bridgehead atoms. The van der Waals surface area contributed by atoms with Crippen molar-refractivity contribution in [1.82, 2.24) is 4.90 Å². The summed E-state index contributed by atoms with van der Waals surface area (Å²) in [7, 11) is 5.54. The van der Waals surface area contributed by atoms with Gasteiger partial charge in [-0.3, -0.25) is 0 Å². The van der Waals surface area contributed by atoms with Gasteiger partial charge in [-0.25, -0.2) is 0 Å². The SMILES string of the molecule is COc1cc(C#N)ccc1OCCN(C)C.Cl. The molecule has 1 aromatic rings. The summed E-state index contributed by atoms with van der Waals surface area (Å²) in [5, 5.41) is 8.74. The van der Waals surface area contributed by atoms with E-state index in [1.54, 1.807) is 25.3 Å². The number of ether oxygens (including phenoxy) is 2. The lowest BCUT2D eigenvalue weighted by atomic mass is 10.2. The van der Waals surface area contributed by atoms with Crippen LogP contribution in [0.5, 0.6) is 11.5 Å². The van der Waals surface area contributed by atoms with Gasteiger partial charge in [-0.05, 0) is 26.2 Å². The van der Waals surface area contributed by atoms with Crippen LogP contribution in [0.4, 0.5) is 0 Å². The Hall–Kier alpha value is -1.44. The third-order valence-electron chi connectivity index (χ3n) is 2.09. The number of nitrogens with zero attached hydrogens (tertiary/aromatic N) is 2. The highest BCUT2D eigenvalue weighted by Gasteiger charge is 2.05. The van der Waals surface area contributed by atoms with E-state index in [1.165, 1.54) is 0 Å². The molecule has 1 aromatic carbocycles. The molecule has 17 heavy (non-hydrogen) atoms. The van der Waals surface area contributed by atoms with Crippen LogP contribution in [0.3, 0.4) is 0 Å². The lowest BCUT2D eigenvalue weighted by molar-refractivity contribution is 0.250. The average molecular weight is 257 g/mol. The number of benzene rings is 1. The van der Waals surface area contributed by atoms with E-state index in [2.05, 4.69) is 6.07 Å². The van der Waals surface area contributed by atoms with Crippen LogP contribution in [0, 0.1) is 11.3 Å². The zero-order chi connectivity index (χ0) is 12.0. The van der Waals surface area contributed by atoms with Gasteiger partial charge in [0.2, 0.25) is 0 Å². The van der Waals surface area contributed by atoms with Crippen LogP contribution in [-0.4, -0.2) is 39.3 Å². The summed E-state index contributed by atoms with van der Waals surface area (Å²) in [5.41, 5.74) is 0.566. The van der Waals surface area contributed by atoms with Crippen LogP contribution < -0.4 is 9.47 Å². The molecule has 0 spiro atoms. The molecule has 0 amide bonds. The van der Waals surface area contributed by atoms with Crippen LogP contribution in [0.15, 0.2) is 18.2 Å². The van der Waals surface area contributed by atoms with Crippen LogP contribution in [0.25, 0.3) is 0 Å². The summed E-state index contributed by atoms with van der Waals surface area (Å²) < 4.78 is 10.7. The molecule has 4 nitrogen and oxygen atoms in total. The van der Waals surface area contributed by atoms with E-state index in [-0.39, 0.29) is 12.4 Å². The average Bonchev–Trinajstić information content (AvgIpc) is 2.29. The number of hydrogen-bond acceptors (Lipinski definition) is 4. The highest BCUT2D eigenvalue weighted by Crippen LogP contribution is 2.27. The molecule has 0 fully saturated rings. The Morgan fingerprint density at radius 2 is 2.00 bits per heavy atom. The standard InChI is InChI=1S/C12H16N2O2.ClH/c1-14(2)6-7-16-11-5-4-10(9-13)8-12(11)15-3;/h4-5,8H,6-7H2,1-3H3;1H. The van der Waals surface area contributed by atoms with Crippen molar-refractivity contribution in [3.8, 4) is 17.6 Å². The van der Waals surface area contributed by atoms with E-state index in [0.717, 1.165) is 6.54 Å². The van der Waals surface area contributed by atoms with E-state index >= 15 is 0 Å². The quantitative estimate of drug-likeness (QED) is 0.808. The van der Waals surface area contributed by atoms with Crippen LogP contribution in [-0.2, 0) is 0 Å². The van der Waals surface area contributed by atoms with Gasteiger partial charge in [0.05, 0.1) is 18.7 Å². The second-order valence-electron chi connectivity index (χ2n) is 3.63. The van der Waals surface area contributed by atoms with Crippen LogP contribution >= 0.6 is 12.4 Å². The van der Waals surface area contributed by atoms with Crippen LogP contribution in [0.1, 0.15) is 5.56 Å². The Kier molecular flexibility index (Phi) is 7.11. The molecule has 0 N–H and O–H groups in total. The van der Waals surface area contributed by atoms with E-state index in [1.807, 2.05) is 19.0 Å². The monoisotopic (exact) mass is 256 g/mol. The third kappa shape index (κ3) is 4.94. The van der Waals surface area contributed by atoms with Gasteiger partial charge < -0.3 is 14.4 Å². The Morgan fingerprint density at radius 3 is 2.53 bits per heavy atom. The minimum Gasteiger partial charge on any atom is -0.493 e. The van der Waals surface area contributed by atoms with E-state index in [4.69, 9.17) is 14.7 Å². The van der Waals surface area contributed by atoms with Crippen molar-refractivity contribution in [2.24, 2.45) is 0 Å². The lowest BCUT2D eigenvalue weighted by Gasteiger charge is -2.13. The summed E-state index contributed by atoms with van der Waals surface area (Å²) in [6, 6.07) is 7.20. The topological polar surface area (TPSA) is 45.5 Å². The number of halogens is 1. The van der Waals surface area contributed by atoms with E-state index < -0.39 is 0 Å². The number of rotatable bonds is 5. The second-order valence-corrected chi connectivity index (χ2v) is 3.63. The number of nitriles is 1. The van der Waals surface area contributed by atoms with Crippen molar-refractivity contribution >= 4 is 12.4 Å². The zero-order valence-electron chi connectivity index (χ0n) is 10.3. The fraction of sp³-hybridized carbons (Fsp3) is 0.417. The largest absolute Gasteiger partial charge is 0.493 e. The van der Waals surface area contributed by atoms with Gasteiger partial charge in [0.15, 0.2) is 11.5 Å². The van der Waals surface area contributed by atoms with Gasteiger partial charge in [0.1, 0.15) is 6.61 Å². The van der Waals surface area contributed by atoms with E-state index in [0.29, 0.717) is 23.7 Å².